The van der Waals surface area contributed by atoms with Crippen molar-refractivity contribution in [3.05, 3.63) is 139 Å². The number of nitro benzene ring substituents is 2. The molecule has 0 fully saturated rings. The Kier molecular flexibility index (Phi) is 6.86. The minimum atomic E-state index is -0.598. The fourth-order valence-electron chi connectivity index (χ4n) is 3.99. The number of para-hydroxylation sites is 2. The zero-order valence-electron chi connectivity index (χ0n) is 20.2. The van der Waals surface area contributed by atoms with Crippen LogP contribution in [0, 0.1) is 20.2 Å². The summed E-state index contributed by atoms with van der Waals surface area (Å²) in [5.41, 5.74) is 0.969. The zero-order chi connectivity index (χ0) is 27.4. The zero-order valence-corrected chi connectivity index (χ0v) is 20.2. The second kappa shape index (κ2) is 10.7. The summed E-state index contributed by atoms with van der Waals surface area (Å²) in [5.74, 6) is 0.195. The lowest BCUT2D eigenvalue weighted by Crippen LogP contribution is -2.20. The topological polar surface area (TPSA) is 143 Å². The van der Waals surface area contributed by atoms with Crippen LogP contribution in [0.5, 0.6) is 5.75 Å². The maximum Gasteiger partial charge on any atom is 0.311 e. The molecule has 5 aromatic rings. The molecule has 1 heterocycles. The largest absolute Gasteiger partial charge is 0.481 e. The third-order valence-electron chi connectivity index (χ3n) is 5.82. The molecule has 39 heavy (non-hydrogen) atoms. The minimum Gasteiger partial charge on any atom is -0.481 e. The molecule has 5 rings (SSSR count). The van der Waals surface area contributed by atoms with Crippen molar-refractivity contribution in [3.8, 4) is 17.1 Å². The molecule has 0 aliphatic rings. The average molecular weight is 521 g/mol. The second-order valence-electron chi connectivity index (χ2n) is 8.35. The smallest absolute Gasteiger partial charge is 0.311 e. The molecule has 4 aromatic carbocycles. The number of fused-ring (bicyclic) bond motifs is 1. The fourth-order valence-corrected chi connectivity index (χ4v) is 3.99. The van der Waals surface area contributed by atoms with Crippen LogP contribution in [0.3, 0.4) is 0 Å². The van der Waals surface area contributed by atoms with Gasteiger partial charge < -0.3 is 4.74 Å². The summed E-state index contributed by atoms with van der Waals surface area (Å²) < 4.78 is 6.94. The standard InChI is InChI=1S/C28H19N5O6/c34-28-23-13-4-5-14-24(23)30-27(20-9-2-1-3-10-20)31(28)29-17-21-11-7-15-25(33(37)38)26(21)39-18-19-8-6-12-22(16-19)32(35)36/h1-17H,18H2. The van der Waals surface area contributed by atoms with Gasteiger partial charge in [-0.2, -0.15) is 9.78 Å². The molecule has 0 spiro atoms. The molecule has 0 radical (unpaired) electrons. The molecule has 0 saturated carbocycles. The molecule has 0 saturated heterocycles. The first-order valence-corrected chi connectivity index (χ1v) is 11.7. The first kappa shape index (κ1) is 25.0. The van der Waals surface area contributed by atoms with E-state index < -0.39 is 15.4 Å². The molecule has 0 aliphatic carbocycles. The van der Waals surface area contributed by atoms with Gasteiger partial charge in [0.1, 0.15) is 6.61 Å². The van der Waals surface area contributed by atoms with Crippen LogP contribution < -0.4 is 10.3 Å². The van der Waals surface area contributed by atoms with Gasteiger partial charge in [0, 0.05) is 29.3 Å². The second-order valence-corrected chi connectivity index (χ2v) is 8.35. The highest BCUT2D eigenvalue weighted by atomic mass is 16.6. The highest BCUT2D eigenvalue weighted by Gasteiger charge is 2.20. The lowest BCUT2D eigenvalue weighted by Gasteiger charge is -2.11. The normalized spacial score (nSPS) is 11.1. The van der Waals surface area contributed by atoms with Crippen molar-refractivity contribution in [1.29, 1.82) is 0 Å². The summed E-state index contributed by atoms with van der Waals surface area (Å²) in [4.78, 5) is 39.8. The van der Waals surface area contributed by atoms with Crippen LogP contribution in [0.4, 0.5) is 11.4 Å². The lowest BCUT2D eigenvalue weighted by atomic mass is 10.1. The molecule has 0 bridgehead atoms. The third-order valence-corrected chi connectivity index (χ3v) is 5.82. The first-order valence-electron chi connectivity index (χ1n) is 11.7. The summed E-state index contributed by atoms with van der Waals surface area (Å²) in [6.45, 7) is -0.167. The molecule has 1 aromatic heterocycles. The van der Waals surface area contributed by atoms with E-state index in [0.717, 1.165) is 4.68 Å². The van der Waals surface area contributed by atoms with Crippen LogP contribution in [-0.2, 0) is 6.61 Å². The van der Waals surface area contributed by atoms with E-state index in [1.54, 1.807) is 48.5 Å². The molecule has 0 N–H and O–H groups in total. The van der Waals surface area contributed by atoms with Gasteiger partial charge in [0.05, 0.1) is 27.0 Å². The summed E-state index contributed by atoms with van der Waals surface area (Å²) in [5, 5.41) is 27.6. The van der Waals surface area contributed by atoms with E-state index in [-0.39, 0.29) is 29.3 Å². The minimum absolute atomic E-state index is 0.0965. The van der Waals surface area contributed by atoms with Gasteiger partial charge in [-0.3, -0.25) is 25.0 Å². The van der Waals surface area contributed by atoms with E-state index in [2.05, 4.69) is 10.1 Å². The SMILES string of the molecule is O=c1c2ccccc2nc(-c2ccccc2)n1N=Cc1cccc([N+](=O)[O-])c1OCc1cccc([N+](=O)[O-])c1. The van der Waals surface area contributed by atoms with Gasteiger partial charge in [-0.05, 0) is 23.8 Å². The van der Waals surface area contributed by atoms with Gasteiger partial charge in [0.2, 0.25) is 5.75 Å². The number of ether oxygens (including phenoxy) is 1. The van der Waals surface area contributed by atoms with Crippen molar-refractivity contribution in [3.63, 3.8) is 0 Å². The van der Waals surface area contributed by atoms with E-state index in [0.29, 0.717) is 27.9 Å². The maximum atomic E-state index is 13.4. The van der Waals surface area contributed by atoms with E-state index in [4.69, 9.17) is 4.74 Å². The number of aromatic nitrogens is 2. The van der Waals surface area contributed by atoms with Gasteiger partial charge >= 0.3 is 5.69 Å². The average Bonchev–Trinajstić information content (AvgIpc) is 2.96. The van der Waals surface area contributed by atoms with Gasteiger partial charge in [0.25, 0.3) is 11.2 Å². The van der Waals surface area contributed by atoms with Gasteiger partial charge in [-0.1, -0.05) is 60.7 Å². The monoisotopic (exact) mass is 521 g/mol. The number of nitrogens with zero attached hydrogens (tertiary/aromatic N) is 5. The van der Waals surface area contributed by atoms with Crippen LogP contribution in [-0.4, -0.2) is 25.7 Å². The number of nitro groups is 2. The van der Waals surface area contributed by atoms with Crippen LogP contribution >= 0.6 is 0 Å². The quantitative estimate of drug-likeness (QED) is 0.152. The summed E-state index contributed by atoms with van der Waals surface area (Å²) in [6.07, 6.45) is 1.29. The predicted molar refractivity (Wildman–Crippen MR) is 145 cm³/mol. The van der Waals surface area contributed by atoms with Crippen molar-refractivity contribution in [2.24, 2.45) is 5.10 Å². The van der Waals surface area contributed by atoms with Crippen molar-refractivity contribution in [2.75, 3.05) is 0 Å². The first-order chi connectivity index (χ1) is 18.9. The lowest BCUT2D eigenvalue weighted by molar-refractivity contribution is -0.386. The fraction of sp³-hybridized carbons (Fsp3) is 0.0357. The summed E-state index contributed by atoms with van der Waals surface area (Å²) in [7, 11) is 0. The van der Waals surface area contributed by atoms with E-state index in [1.165, 1.54) is 36.5 Å². The Morgan fingerprint density at radius 2 is 1.62 bits per heavy atom. The summed E-state index contributed by atoms with van der Waals surface area (Å²) >= 11 is 0. The Balaban J connectivity index is 1.59. The van der Waals surface area contributed by atoms with Gasteiger partial charge in [-0.15, -0.1) is 0 Å². The molecular formula is C28H19N5O6. The van der Waals surface area contributed by atoms with Crippen molar-refractivity contribution < 1.29 is 14.6 Å². The molecule has 192 valence electrons. The number of rotatable bonds is 8. The van der Waals surface area contributed by atoms with Crippen LogP contribution in [0.1, 0.15) is 11.1 Å². The van der Waals surface area contributed by atoms with E-state index in [9.17, 15) is 25.0 Å². The van der Waals surface area contributed by atoms with Crippen molar-refractivity contribution in [1.82, 2.24) is 9.66 Å². The predicted octanol–water partition coefficient (Wildman–Crippen LogP) is 5.34. The van der Waals surface area contributed by atoms with Crippen LogP contribution in [0.15, 0.2) is 107 Å². The molecule has 0 atom stereocenters. The number of hydrogen-bond donors (Lipinski definition) is 0. The molecule has 0 amide bonds. The number of benzene rings is 4. The highest BCUT2D eigenvalue weighted by Crippen LogP contribution is 2.31. The molecule has 11 heteroatoms. The van der Waals surface area contributed by atoms with Crippen LogP contribution in [0.25, 0.3) is 22.3 Å². The molecular weight excluding hydrogens is 502 g/mol. The Morgan fingerprint density at radius 1 is 0.872 bits per heavy atom. The van der Waals surface area contributed by atoms with E-state index >= 15 is 0 Å². The van der Waals surface area contributed by atoms with E-state index in [1.807, 2.05) is 18.2 Å². The van der Waals surface area contributed by atoms with Crippen molar-refractivity contribution in [2.45, 2.75) is 6.61 Å². The summed E-state index contributed by atoms with van der Waals surface area (Å²) in [6, 6.07) is 26.0. The Hall–Kier alpha value is -5.71. The van der Waals surface area contributed by atoms with Gasteiger partial charge in [0.15, 0.2) is 5.82 Å². The van der Waals surface area contributed by atoms with Crippen LogP contribution in [0.2, 0.25) is 0 Å². The molecule has 11 nitrogen and oxygen atoms in total. The Bertz CT molecular complexity index is 1800. The number of non-ortho nitro benzene ring substituents is 1. The molecule has 0 aliphatic heterocycles. The Morgan fingerprint density at radius 3 is 2.38 bits per heavy atom. The number of hydrogen-bond acceptors (Lipinski definition) is 8. The third kappa shape index (κ3) is 5.23. The van der Waals surface area contributed by atoms with Gasteiger partial charge in [-0.25, -0.2) is 4.98 Å². The maximum absolute atomic E-state index is 13.4. The molecule has 0 unspecified atom stereocenters. The Labute approximate surface area is 220 Å². The van der Waals surface area contributed by atoms with Crippen molar-refractivity contribution >= 4 is 28.5 Å². The highest BCUT2D eigenvalue weighted by molar-refractivity contribution is 5.86.